The maximum atomic E-state index is 13.5. The quantitative estimate of drug-likeness (QED) is 0.632. The van der Waals surface area contributed by atoms with E-state index < -0.39 is 59.2 Å². The summed E-state index contributed by atoms with van der Waals surface area (Å²) in [5.41, 5.74) is -2.75. The second kappa shape index (κ2) is 8.79. The molecule has 172 valence electrons. The molecule has 2 aliphatic heterocycles. The standard InChI is InChI=1S/C19H26FN3O8/c1-19(2,3)31-18(28)22-6-4-5-11(22)16(26)29-9-13-12(24)7-14(30-13)23-8-10(20)15(25)21-17(23)27/h8,11-14,24H,4-7,9H2,1-3H3,(H,21,25,27)/t11-,12+,13-,14-/m1/s1. The molecule has 3 heterocycles. The average molecular weight is 443 g/mol. The molecule has 2 aliphatic rings. The first-order valence-corrected chi connectivity index (χ1v) is 9.97. The molecule has 12 heteroatoms. The van der Waals surface area contributed by atoms with Crippen molar-refractivity contribution in [2.24, 2.45) is 0 Å². The lowest BCUT2D eigenvalue weighted by Gasteiger charge is -2.27. The molecule has 2 N–H and O–H groups in total. The third-order valence-electron chi connectivity index (χ3n) is 4.98. The fourth-order valence-electron chi connectivity index (χ4n) is 3.52. The highest BCUT2D eigenvalue weighted by atomic mass is 19.1. The van der Waals surface area contributed by atoms with E-state index in [0.29, 0.717) is 25.6 Å². The number of rotatable bonds is 4. The van der Waals surface area contributed by atoms with Crippen LogP contribution >= 0.6 is 0 Å². The van der Waals surface area contributed by atoms with Crippen LogP contribution in [-0.4, -0.2) is 68.6 Å². The average Bonchev–Trinajstić information content (AvgIpc) is 3.28. The van der Waals surface area contributed by atoms with Gasteiger partial charge in [-0.05, 0) is 33.6 Å². The molecule has 0 spiro atoms. The van der Waals surface area contributed by atoms with Crippen molar-refractivity contribution in [2.75, 3.05) is 13.2 Å². The normalized spacial score (nSPS) is 26.2. The lowest BCUT2D eigenvalue weighted by atomic mass is 10.2. The molecule has 0 aliphatic carbocycles. The summed E-state index contributed by atoms with van der Waals surface area (Å²) in [6, 6.07) is -0.805. The predicted molar refractivity (Wildman–Crippen MR) is 103 cm³/mol. The van der Waals surface area contributed by atoms with Crippen molar-refractivity contribution in [2.45, 2.75) is 70.1 Å². The van der Waals surface area contributed by atoms with Crippen LogP contribution < -0.4 is 11.2 Å². The van der Waals surface area contributed by atoms with Crippen LogP contribution in [0.5, 0.6) is 0 Å². The van der Waals surface area contributed by atoms with Gasteiger partial charge >= 0.3 is 17.8 Å². The molecule has 0 saturated carbocycles. The first-order valence-electron chi connectivity index (χ1n) is 9.97. The largest absolute Gasteiger partial charge is 0.461 e. The summed E-state index contributed by atoms with van der Waals surface area (Å²) in [6.45, 7) is 5.21. The number of nitrogens with zero attached hydrogens (tertiary/aromatic N) is 2. The Balaban J connectivity index is 1.59. The van der Waals surface area contributed by atoms with Crippen LogP contribution in [0.15, 0.2) is 15.8 Å². The van der Waals surface area contributed by atoms with Crippen LogP contribution in [0.2, 0.25) is 0 Å². The van der Waals surface area contributed by atoms with Gasteiger partial charge in [0, 0.05) is 13.0 Å². The van der Waals surface area contributed by atoms with Crippen molar-refractivity contribution < 1.29 is 33.3 Å². The summed E-state index contributed by atoms with van der Waals surface area (Å²) in [5.74, 6) is -1.83. The maximum Gasteiger partial charge on any atom is 0.411 e. The lowest BCUT2D eigenvalue weighted by molar-refractivity contribution is -0.155. The molecule has 0 aromatic carbocycles. The summed E-state index contributed by atoms with van der Waals surface area (Å²) in [5, 5.41) is 10.2. The van der Waals surface area contributed by atoms with Crippen LogP contribution in [0.25, 0.3) is 0 Å². The van der Waals surface area contributed by atoms with Gasteiger partial charge in [0.1, 0.15) is 30.6 Å². The minimum atomic E-state index is -1.17. The Hall–Kier alpha value is -2.73. The van der Waals surface area contributed by atoms with Gasteiger partial charge in [0.25, 0.3) is 5.56 Å². The maximum absolute atomic E-state index is 13.5. The molecule has 4 atom stereocenters. The van der Waals surface area contributed by atoms with Crippen molar-refractivity contribution in [3.05, 3.63) is 32.9 Å². The number of nitrogens with one attached hydrogen (secondary N) is 1. The van der Waals surface area contributed by atoms with Crippen LogP contribution in [0, 0.1) is 5.82 Å². The number of carbonyl (C=O) groups excluding carboxylic acids is 2. The van der Waals surface area contributed by atoms with E-state index in [0.717, 1.165) is 4.57 Å². The molecule has 0 bridgehead atoms. The lowest BCUT2D eigenvalue weighted by Crippen LogP contribution is -2.44. The minimum Gasteiger partial charge on any atom is -0.461 e. The van der Waals surface area contributed by atoms with Crippen molar-refractivity contribution >= 4 is 12.1 Å². The van der Waals surface area contributed by atoms with E-state index >= 15 is 0 Å². The van der Waals surface area contributed by atoms with Crippen LogP contribution in [0.1, 0.15) is 46.3 Å². The number of aromatic nitrogens is 2. The Labute approximate surface area is 176 Å². The zero-order valence-corrected chi connectivity index (χ0v) is 17.5. The predicted octanol–water partition coefficient (Wildman–Crippen LogP) is 0.267. The highest BCUT2D eigenvalue weighted by Crippen LogP contribution is 2.28. The van der Waals surface area contributed by atoms with E-state index in [-0.39, 0.29) is 13.0 Å². The molecule has 1 aromatic rings. The second-order valence-electron chi connectivity index (χ2n) is 8.54. The number of aliphatic hydroxyl groups is 1. The number of ether oxygens (including phenoxy) is 3. The molecule has 2 fully saturated rings. The minimum absolute atomic E-state index is 0.0684. The Bertz CT molecular complexity index is 953. The fraction of sp³-hybridized carbons (Fsp3) is 0.684. The van der Waals surface area contributed by atoms with E-state index in [9.17, 15) is 28.7 Å². The van der Waals surface area contributed by atoms with Gasteiger partial charge in [-0.15, -0.1) is 0 Å². The van der Waals surface area contributed by atoms with Gasteiger partial charge in [-0.25, -0.2) is 14.4 Å². The second-order valence-corrected chi connectivity index (χ2v) is 8.54. The number of halogens is 1. The number of hydrogen-bond acceptors (Lipinski definition) is 8. The molecule has 0 radical (unpaired) electrons. The molecule has 1 amide bonds. The van der Waals surface area contributed by atoms with Gasteiger partial charge in [-0.2, -0.15) is 4.39 Å². The zero-order valence-electron chi connectivity index (χ0n) is 17.5. The molecule has 2 saturated heterocycles. The van der Waals surface area contributed by atoms with Crippen molar-refractivity contribution in [1.82, 2.24) is 14.5 Å². The van der Waals surface area contributed by atoms with Crippen molar-refractivity contribution in [3.8, 4) is 0 Å². The van der Waals surface area contributed by atoms with Crippen molar-refractivity contribution in [1.29, 1.82) is 0 Å². The fourth-order valence-corrected chi connectivity index (χ4v) is 3.52. The molecule has 11 nitrogen and oxygen atoms in total. The van der Waals surface area contributed by atoms with E-state index in [1.165, 1.54) is 4.90 Å². The van der Waals surface area contributed by atoms with Gasteiger partial charge in [-0.1, -0.05) is 0 Å². The van der Waals surface area contributed by atoms with Crippen molar-refractivity contribution in [3.63, 3.8) is 0 Å². The molecule has 1 aromatic heterocycles. The highest BCUT2D eigenvalue weighted by Gasteiger charge is 2.40. The smallest absolute Gasteiger partial charge is 0.411 e. The number of amides is 1. The van der Waals surface area contributed by atoms with Gasteiger partial charge in [0.2, 0.25) is 5.82 Å². The van der Waals surface area contributed by atoms with Gasteiger partial charge in [-0.3, -0.25) is 19.2 Å². The molecular weight excluding hydrogens is 417 g/mol. The number of hydrogen-bond donors (Lipinski definition) is 2. The number of carbonyl (C=O) groups is 2. The number of H-pyrrole nitrogens is 1. The van der Waals surface area contributed by atoms with Crippen LogP contribution in [-0.2, 0) is 19.0 Å². The van der Waals surface area contributed by atoms with Crippen LogP contribution in [0.3, 0.4) is 0 Å². The summed E-state index contributed by atoms with van der Waals surface area (Å²) in [6.07, 6.45) is -2.04. The number of aromatic amines is 1. The van der Waals surface area contributed by atoms with E-state index in [1.807, 2.05) is 4.98 Å². The highest BCUT2D eigenvalue weighted by molar-refractivity contribution is 5.82. The Morgan fingerprint density at radius 3 is 2.74 bits per heavy atom. The SMILES string of the molecule is CC(C)(C)OC(=O)N1CCC[C@@H]1C(=O)OC[C@H]1O[C@@H](n2cc(F)c(=O)[nH]c2=O)C[C@@H]1O. The Kier molecular flexibility index (Phi) is 6.51. The van der Waals surface area contributed by atoms with Gasteiger partial charge in [0.15, 0.2) is 0 Å². The van der Waals surface area contributed by atoms with E-state index in [2.05, 4.69) is 0 Å². The molecule has 31 heavy (non-hydrogen) atoms. The monoisotopic (exact) mass is 443 g/mol. The Morgan fingerprint density at radius 2 is 2.06 bits per heavy atom. The summed E-state index contributed by atoms with van der Waals surface area (Å²) in [7, 11) is 0. The Morgan fingerprint density at radius 1 is 1.35 bits per heavy atom. The summed E-state index contributed by atoms with van der Waals surface area (Å²) >= 11 is 0. The summed E-state index contributed by atoms with van der Waals surface area (Å²) in [4.78, 5) is 51.0. The van der Waals surface area contributed by atoms with Gasteiger partial charge in [0.05, 0.1) is 12.3 Å². The molecular formula is C19H26FN3O8. The summed E-state index contributed by atoms with van der Waals surface area (Å²) < 4.78 is 30.4. The first kappa shape index (κ1) is 22.9. The molecule has 3 rings (SSSR count). The number of likely N-dealkylation sites (tertiary alicyclic amines) is 1. The van der Waals surface area contributed by atoms with Gasteiger partial charge < -0.3 is 19.3 Å². The number of esters is 1. The molecule has 0 unspecified atom stereocenters. The van der Waals surface area contributed by atoms with E-state index in [4.69, 9.17) is 14.2 Å². The van der Waals surface area contributed by atoms with E-state index in [1.54, 1.807) is 20.8 Å². The third kappa shape index (κ3) is 5.31. The topological polar surface area (TPSA) is 140 Å². The number of aliphatic hydroxyl groups excluding tert-OH is 1. The first-order chi connectivity index (χ1) is 14.5. The zero-order chi connectivity index (χ0) is 22.9. The van der Waals surface area contributed by atoms with Crippen LogP contribution in [0.4, 0.5) is 9.18 Å². The third-order valence-corrected chi connectivity index (χ3v) is 4.98.